The fraction of sp³-hybridized carbons (Fsp3) is 0.609. The highest BCUT2D eigenvalue weighted by Gasteiger charge is 2.53. The quantitative estimate of drug-likeness (QED) is 0.829. The molecule has 0 radical (unpaired) electrons. The fourth-order valence-corrected chi connectivity index (χ4v) is 6.01. The van der Waals surface area contributed by atoms with E-state index >= 15 is 0 Å². The first kappa shape index (κ1) is 17.4. The van der Waals surface area contributed by atoms with Crippen molar-refractivity contribution in [3.05, 3.63) is 52.8 Å². The summed E-state index contributed by atoms with van der Waals surface area (Å²) in [4.78, 5) is 5.60. The van der Waals surface area contributed by atoms with Gasteiger partial charge in [0.25, 0.3) is 0 Å². The lowest BCUT2D eigenvalue weighted by molar-refractivity contribution is -0.00874. The third-order valence-corrected chi connectivity index (χ3v) is 7.48. The van der Waals surface area contributed by atoms with E-state index in [2.05, 4.69) is 70.8 Å². The monoisotopic (exact) mass is 364 g/mol. The Kier molecular flexibility index (Phi) is 4.36. The minimum atomic E-state index is 0.639. The van der Waals surface area contributed by atoms with Crippen molar-refractivity contribution in [2.75, 3.05) is 19.6 Å². The minimum Gasteiger partial charge on any atom is -0.298 e. The van der Waals surface area contributed by atoms with Gasteiger partial charge in [-0.3, -0.25) is 14.5 Å². The summed E-state index contributed by atoms with van der Waals surface area (Å²) in [7, 11) is 0. The van der Waals surface area contributed by atoms with Gasteiger partial charge in [0, 0.05) is 48.9 Å². The standard InChI is InChI=1S/C23H32N4/c1-4-27-17(3)20(13-24-27)14-26-15-21(18-7-5-16(2)6-8-18)23-22(26)19-9-11-25(23)12-10-19/h5-8,13,19,21-23H,4,9-12,14-15H2,1-3H3/t21-,22+,23+/m1/s1. The second-order valence-corrected chi connectivity index (χ2v) is 8.87. The first-order valence-corrected chi connectivity index (χ1v) is 10.7. The smallest absolute Gasteiger partial charge is 0.0537 e. The highest BCUT2D eigenvalue weighted by Crippen LogP contribution is 2.47. The van der Waals surface area contributed by atoms with Gasteiger partial charge < -0.3 is 0 Å². The van der Waals surface area contributed by atoms with Crippen LogP contribution in [0.3, 0.4) is 0 Å². The second kappa shape index (κ2) is 6.75. The number of piperidine rings is 3. The molecule has 2 aromatic rings. The van der Waals surface area contributed by atoms with Crippen LogP contribution in [-0.4, -0.2) is 51.3 Å². The second-order valence-electron chi connectivity index (χ2n) is 8.87. The van der Waals surface area contributed by atoms with Gasteiger partial charge in [-0.25, -0.2) is 0 Å². The third-order valence-electron chi connectivity index (χ3n) is 7.48. The maximum Gasteiger partial charge on any atom is 0.0537 e. The molecule has 5 heterocycles. The molecule has 0 aliphatic carbocycles. The molecule has 0 unspecified atom stereocenters. The van der Waals surface area contributed by atoms with Crippen LogP contribution in [0.1, 0.15) is 48.1 Å². The molecule has 6 rings (SSSR count). The van der Waals surface area contributed by atoms with Crippen LogP contribution in [-0.2, 0) is 13.1 Å². The first-order chi connectivity index (χ1) is 13.2. The van der Waals surface area contributed by atoms with Crippen molar-refractivity contribution in [3.63, 3.8) is 0 Å². The van der Waals surface area contributed by atoms with Gasteiger partial charge in [0.2, 0.25) is 0 Å². The van der Waals surface area contributed by atoms with E-state index < -0.39 is 0 Å². The molecule has 2 bridgehead atoms. The van der Waals surface area contributed by atoms with Crippen LogP contribution in [0.2, 0.25) is 0 Å². The average molecular weight is 365 g/mol. The molecule has 1 aromatic carbocycles. The lowest BCUT2D eigenvalue weighted by atomic mass is 9.75. The van der Waals surface area contributed by atoms with Crippen molar-refractivity contribution in [2.45, 2.75) is 64.7 Å². The van der Waals surface area contributed by atoms with Crippen LogP contribution in [0.4, 0.5) is 0 Å². The van der Waals surface area contributed by atoms with Crippen molar-refractivity contribution in [3.8, 4) is 0 Å². The van der Waals surface area contributed by atoms with Crippen molar-refractivity contribution < 1.29 is 0 Å². The van der Waals surface area contributed by atoms with Gasteiger partial charge in [0.15, 0.2) is 0 Å². The Balaban J connectivity index is 1.46. The lowest BCUT2D eigenvalue weighted by Gasteiger charge is -2.51. The van der Waals surface area contributed by atoms with Gasteiger partial charge in [-0.05, 0) is 58.2 Å². The van der Waals surface area contributed by atoms with Gasteiger partial charge in [0.1, 0.15) is 0 Å². The maximum atomic E-state index is 4.59. The highest BCUT2D eigenvalue weighted by molar-refractivity contribution is 5.30. The summed E-state index contributed by atoms with van der Waals surface area (Å²) in [5, 5.41) is 4.59. The molecule has 3 atom stereocenters. The first-order valence-electron chi connectivity index (χ1n) is 10.7. The topological polar surface area (TPSA) is 24.3 Å². The number of benzene rings is 1. The Morgan fingerprint density at radius 2 is 1.78 bits per heavy atom. The minimum absolute atomic E-state index is 0.639. The average Bonchev–Trinajstić information content (AvgIpc) is 3.26. The summed E-state index contributed by atoms with van der Waals surface area (Å²) in [6.45, 7) is 12.4. The molecule has 0 saturated carbocycles. The Morgan fingerprint density at radius 3 is 2.44 bits per heavy atom. The number of aromatic nitrogens is 2. The van der Waals surface area contributed by atoms with Crippen LogP contribution < -0.4 is 0 Å². The maximum absolute atomic E-state index is 4.59. The number of likely N-dealkylation sites (tertiary alicyclic amines) is 1. The van der Waals surface area contributed by atoms with E-state index in [1.165, 1.54) is 54.9 Å². The largest absolute Gasteiger partial charge is 0.298 e. The molecule has 0 N–H and O–H groups in total. The summed E-state index contributed by atoms with van der Waals surface area (Å²) < 4.78 is 2.14. The van der Waals surface area contributed by atoms with Crippen molar-refractivity contribution in [1.29, 1.82) is 0 Å². The Morgan fingerprint density at radius 1 is 1.04 bits per heavy atom. The number of hydrogen-bond acceptors (Lipinski definition) is 3. The Labute approximate surface area is 163 Å². The van der Waals surface area contributed by atoms with Gasteiger partial charge in [0.05, 0.1) is 6.20 Å². The van der Waals surface area contributed by atoms with E-state index in [0.29, 0.717) is 18.0 Å². The van der Waals surface area contributed by atoms with Gasteiger partial charge in [-0.1, -0.05) is 29.8 Å². The third kappa shape index (κ3) is 2.85. The van der Waals surface area contributed by atoms with E-state index in [-0.39, 0.29) is 0 Å². The Hall–Kier alpha value is -1.65. The van der Waals surface area contributed by atoms with E-state index in [1.54, 1.807) is 0 Å². The summed E-state index contributed by atoms with van der Waals surface area (Å²) >= 11 is 0. The summed E-state index contributed by atoms with van der Waals surface area (Å²) in [6.07, 6.45) is 4.87. The number of nitrogens with zero attached hydrogens (tertiary/aromatic N) is 4. The van der Waals surface area contributed by atoms with Crippen molar-refractivity contribution in [2.24, 2.45) is 5.92 Å². The predicted octanol–water partition coefficient (Wildman–Crippen LogP) is 3.58. The zero-order chi connectivity index (χ0) is 18.5. The van der Waals surface area contributed by atoms with Gasteiger partial charge in [-0.15, -0.1) is 0 Å². The molecule has 4 nitrogen and oxygen atoms in total. The molecular weight excluding hydrogens is 332 g/mol. The number of fused-ring (bicyclic) bond motifs is 2. The van der Waals surface area contributed by atoms with Gasteiger partial charge in [-0.2, -0.15) is 5.10 Å². The van der Waals surface area contributed by atoms with Crippen LogP contribution in [0.5, 0.6) is 0 Å². The molecular formula is C23H32N4. The SMILES string of the molecule is CCn1ncc(CN2C[C@H](c3ccc(C)cc3)[C@H]3[C@@H]2C2CCN3CC2)c1C. The predicted molar refractivity (Wildman–Crippen MR) is 109 cm³/mol. The van der Waals surface area contributed by atoms with Gasteiger partial charge >= 0.3 is 0 Å². The van der Waals surface area contributed by atoms with E-state index in [0.717, 1.165) is 19.0 Å². The van der Waals surface area contributed by atoms with Crippen LogP contribution in [0.25, 0.3) is 0 Å². The number of hydrogen-bond donors (Lipinski definition) is 0. The molecule has 0 amide bonds. The fourth-order valence-electron chi connectivity index (χ4n) is 6.01. The number of aryl methyl sites for hydroxylation is 2. The molecule has 27 heavy (non-hydrogen) atoms. The van der Waals surface area contributed by atoms with Crippen LogP contribution in [0.15, 0.2) is 30.5 Å². The lowest BCUT2D eigenvalue weighted by Crippen LogP contribution is -2.59. The summed E-state index contributed by atoms with van der Waals surface area (Å²) in [5.74, 6) is 1.51. The molecule has 144 valence electrons. The zero-order valence-corrected chi connectivity index (χ0v) is 16.9. The summed E-state index contributed by atoms with van der Waals surface area (Å²) in [6, 6.07) is 10.7. The van der Waals surface area contributed by atoms with Crippen molar-refractivity contribution >= 4 is 0 Å². The molecule has 4 aliphatic heterocycles. The van der Waals surface area contributed by atoms with Crippen LogP contribution >= 0.6 is 0 Å². The Bertz CT molecular complexity index is 800. The number of rotatable bonds is 4. The molecule has 4 saturated heterocycles. The zero-order valence-electron chi connectivity index (χ0n) is 16.9. The normalized spacial score (nSPS) is 32.8. The van der Waals surface area contributed by atoms with Crippen molar-refractivity contribution in [1.82, 2.24) is 19.6 Å². The van der Waals surface area contributed by atoms with Crippen LogP contribution in [0, 0.1) is 19.8 Å². The molecule has 0 spiro atoms. The summed E-state index contributed by atoms with van der Waals surface area (Å²) in [5.41, 5.74) is 5.65. The van der Waals surface area contributed by atoms with E-state index in [1.807, 2.05) is 0 Å². The molecule has 1 aromatic heterocycles. The van der Waals surface area contributed by atoms with E-state index in [9.17, 15) is 0 Å². The molecule has 4 fully saturated rings. The highest BCUT2D eigenvalue weighted by atomic mass is 15.3. The molecule has 4 heteroatoms. The molecule has 4 aliphatic rings. The van der Waals surface area contributed by atoms with E-state index in [4.69, 9.17) is 0 Å².